The molecule has 0 spiro atoms. The van der Waals surface area contributed by atoms with Crippen molar-refractivity contribution in [3.8, 4) is 5.75 Å². The summed E-state index contributed by atoms with van der Waals surface area (Å²) < 4.78 is 5.55. The van der Waals surface area contributed by atoms with Crippen LogP contribution in [-0.4, -0.2) is 31.0 Å². The lowest BCUT2D eigenvalue weighted by atomic mass is 10.0. The third-order valence-electron chi connectivity index (χ3n) is 2.99. The first-order valence-corrected chi connectivity index (χ1v) is 5.89. The first-order valence-electron chi connectivity index (χ1n) is 5.89. The maximum atomic E-state index is 11.4. The van der Waals surface area contributed by atoms with Gasteiger partial charge in [0.1, 0.15) is 5.75 Å². The molecule has 92 valence electrons. The quantitative estimate of drug-likeness (QED) is 0.846. The number of aryl methyl sites for hydroxylation is 1. The van der Waals surface area contributed by atoms with Crippen molar-refractivity contribution in [2.45, 2.75) is 19.4 Å². The molecule has 1 amide bonds. The number of likely N-dealkylation sites (N-methyl/N-ethyl adjacent to an activating group) is 1. The van der Waals surface area contributed by atoms with Gasteiger partial charge in [0.2, 0.25) is 5.91 Å². The average Bonchev–Trinajstić information content (AvgIpc) is 2.37. The van der Waals surface area contributed by atoms with E-state index in [9.17, 15) is 4.79 Å². The van der Waals surface area contributed by atoms with Crippen molar-refractivity contribution in [1.29, 1.82) is 0 Å². The molecule has 0 saturated heterocycles. The Kier molecular flexibility index (Phi) is 3.64. The van der Waals surface area contributed by atoms with E-state index in [0.29, 0.717) is 6.54 Å². The van der Waals surface area contributed by atoms with Crippen molar-refractivity contribution < 1.29 is 9.53 Å². The van der Waals surface area contributed by atoms with E-state index in [4.69, 9.17) is 10.5 Å². The van der Waals surface area contributed by atoms with Crippen LogP contribution in [0.25, 0.3) is 0 Å². The Bertz CT molecular complexity index is 418. The number of benzene rings is 1. The number of hydrogen-bond acceptors (Lipinski definition) is 3. The SMILES string of the molecule is CN(Cc1ccc2c(c1)CCCO2)C(=O)CN. The number of nitrogens with two attached hydrogens (primary N) is 1. The molecule has 0 atom stereocenters. The van der Waals surface area contributed by atoms with Crippen molar-refractivity contribution in [2.75, 3.05) is 20.2 Å². The number of hydrogen-bond donors (Lipinski definition) is 1. The smallest absolute Gasteiger partial charge is 0.236 e. The fourth-order valence-corrected chi connectivity index (χ4v) is 2.03. The summed E-state index contributed by atoms with van der Waals surface area (Å²) in [5, 5.41) is 0. The van der Waals surface area contributed by atoms with E-state index in [1.807, 2.05) is 12.1 Å². The van der Waals surface area contributed by atoms with E-state index in [2.05, 4.69) is 6.07 Å². The zero-order valence-corrected chi connectivity index (χ0v) is 10.1. The second-order valence-electron chi connectivity index (χ2n) is 4.35. The zero-order valence-electron chi connectivity index (χ0n) is 10.1. The van der Waals surface area contributed by atoms with Gasteiger partial charge in [0.15, 0.2) is 0 Å². The molecule has 0 radical (unpaired) electrons. The van der Waals surface area contributed by atoms with Gasteiger partial charge in [-0.1, -0.05) is 12.1 Å². The molecule has 1 aliphatic rings. The van der Waals surface area contributed by atoms with Crippen LogP contribution in [0.2, 0.25) is 0 Å². The minimum atomic E-state index is -0.0426. The number of ether oxygens (including phenoxy) is 1. The van der Waals surface area contributed by atoms with Crippen molar-refractivity contribution >= 4 is 5.91 Å². The van der Waals surface area contributed by atoms with Crippen LogP contribution in [0.3, 0.4) is 0 Å². The van der Waals surface area contributed by atoms with Gasteiger partial charge in [-0.25, -0.2) is 0 Å². The molecule has 1 aromatic rings. The molecule has 4 heteroatoms. The molecule has 2 N–H and O–H groups in total. The van der Waals surface area contributed by atoms with E-state index in [-0.39, 0.29) is 12.5 Å². The topological polar surface area (TPSA) is 55.6 Å². The lowest BCUT2D eigenvalue weighted by molar-refractivity contribution is -0.128. The Balaban J connectivity index is 2.09. The monoisotopic (exact) mass is 234 g/mol. The molecule has 0 saturated carbocycles. The highest BCUT2D eigenvalue weighted by Crippen LogP contribution is 2.25. The summed E-state index contributed by atoms with van der Waals surface area (Å²) in [6.45, 7) is 1.46. The second kappa shape index (κ2) is 5.19. The number of nitrogens with zero attached hydrogens (tertiary/aromatic N) is 1. The molecule has 1 heterocycles. The van der Waals surface area contributed by atoms with E-state index in [1.54, 1.807) is 11.9 Å². The molecule has 2 rings (SSSR count). The predicted molar refractivity (Wildman–Crippen MR) is 65.8 cm³/mol. The van der Waals surface area contributed by atoms with Crippen molar-refractivity contribution in [1.82, 2.24) is 4.90 Å². The summed E-state index contributed by atoms with van der Waals surface area (Å²) in [6, 6.07) is 6.11. The van der Waals surface area contributed by atoms with Crippen molar-refractivity contribution in [3.05, 3.63) is 29.3 Å². The van der Waals surface area contributed by atoms with Gasteiger partial charge >= 0.3 is 0 Å². The Morgan fingerprint density at radius 2 is 2.35 bits per heavy atom. The highest BCUT2D eigenvalue weighted by atomic mass is 16.5. The Hall–Kier alpha value is -1.55. The summed E-state index contributed by atoms with van der Waals surface area (Å²) in [7, 11) is 1.77. The highest BCUT2D eigenvalue weighted by molar-refractivity contribution is 5.77. The minimum absolute atomic E-state index is 0.0426. The molecule has 0 aromatic heterocycles. The minimum Gasteiger partial charge on any atom is -0.493 e. The van der Waals surface area contributed by atoms with Crippen molar-refractivity contribution in [3.63, 3.8) is 0 Å². The fraction of sp³-hybridized carbons (Fsp3) is 0.462. The Morgan fingerprint density at radius 3 is 3.12 bits per heavy atom. The summed E-state index contributed by atoms with van der Waals surface area (Å²) in [6.07, 6.45) is 2.12. The molecule has 4 nitrogen and oxygen atoms in total. The number of carbonyl (C=O) groups excluding carboxylic acids is 1. The van der Waals surface area contributed by atoms with Gasteiger partial charge in [0.25, 0.3) is 0 Å². The Labute approximate surface area is 101 Å². The van der Waals surface area contributed by atoms with Gasteiger partial charge in [-0.15, -0.1) is 0 Å². The molecular weight excluding hydrogens is 216 g/mol. The van der Waals surface area contributed by atoms with Crippen LogP contribution < -0.4 is 10.5 Å². The fourth-order valence-electron chi connectivity index (χ4n) is 2.03. The van der Waals surface area contributed by atoms with E-state index >= 15 is 0 Å². The number of fused-ring (bicyclic) bond motifs is 1. The van der Waals surface area contributed by atoms with E-state index in [0.717, 1.165) is 30.8 Å². The molecule has 17 heavy (non-hydrogen) atoms. The first-order chi connectivity index (χ1) is 8.20. The van der Waals surface area contributed by atoms with Gasteiger partial charge in [-0.2, -0.15) is 0 Å². The van der Waals surface area contributed by atoms with Gasteiger partial charge in [-0.05, 0) is 30.0 Å². The predicted octanol–water partition coefficient (Wildman–Crippen LogP) is 0.929. The zero-order chi connectivity index (χ0) is 12.3. The van der Waals surface area contributed by atoms with Gasteiger partial charge < -0.3 is 15.4 Å². The average molecular weight is 234 g/mol. The van der Waals surface area contributed by atoms with Crippen LogP contribution >= 0.6 is 0 Å². The summed E-state index contributed by atoms with van der Waals surface area (Å²) in [4.78, 5) is 13.0. The van der Waals surface area contributed by atoms with Gasteiger partial charge in [0.05, 0.1) is 13.2 Å². The maximum Gasteiger partial charge on any atom is 0.236 e. The molecule has 1 aliphatic heterocycles. The molecule has 0 aliphatic carbocycles. The molecule has 0 fully saturated rings. The lowest BCUT2D eigenvalue weighted by Gasteiger charge is -2.20. The summed E-state index contributed by atoms with van der Waals surface area (Å²) in [5.74, 6) is 0.937. The normalized spacial score (nSPS) is 13.8. The third kappa shape index (κ3) is 2.77. The molecule has 0 unspecified atom stereocenters. The highest BCUT2D eigenvalue weighted by Gasteiger charge is 2.12. The van der Waals surface area contributed by atoms with Crippen LogP contribution in [0, 0.1) is 0 Å². The summed E-state index contributed by atoms with van der Waals surface area (Å²) in [5.41, 5.74) is 7.69. The molecular formula is C13H18N2O2. The number of rotatable bonds is 3. The van der Waals surface area contributed by atoms with Crippen LogP contribution in [0.15, 0.2) is 18.2 Å². The van der Waals surface area contributed by atoms with Crippen LogP contribution in [-0.2, 0) is 17.8 Å². The second-order valence-corrected chi connectivity index (χ2v) is 4.35. The number of carbonyl (C=O) groups is 1. The van der Waals surface area contributed by atoms with Gasteiger partial charge in [0, 0.05) is 13.6 Å². The lowest BCUT2D eigenvalue weighted by Crippen LogP contribution is -2.32. The largest absolute Gasteiger partial charge is 0.493 e. The van der Waals surface area contributed by atoms with Gasteiger partial charge in [-0.3, -0.25) is 4.79 Å². The van der Waals surface area contributed by atoms with Crippen LogP contribution in [0.4, 0.5) is 0 Å². The van der Waals surface area contributed by atoms with E-state index in [1.165, 1.54) is 5.56 Å². The molecule has 0 bridgehead atoms. The standard InChI is InChI=1S/C13H18N2O2/c1-15(13(16)8-14)9-10-4-5-12-11(7-10)3-2-6-17-12/h4-5,7H,2-3,6,8-9,14H2,1H3. The van der Waals surface area contributed by atoms with Crippen LogP contribution in [0.1, 0.15) is 17.5 Å². The maximum absolute atomic E-state index is 11.4. The summed E-state index contributed by atoms with van der Waals surface area (Å²) >= 11 is 0. The Morgan fingerprint density at radius 1 is 1.53 bits per heavy atom. The van der Waals surface area contributed by atoms with E-state index < -0.39 is 0 Å². The number of amides is 1. The van der Waals surface area contributed by atoms with Crippen molar-refractivity contribution in [2.24, 2.45) is 5.73 Å². The molecule has 1 aromatic carbocycles. The first kappa shape index (κ1) is 11.9. The van der Waals surface area contributed by atoms with Crippen LogP contribution in [0.5, 0.6) is 5.75 Å². The third-order valence-corrected chi connectivity index (χ3v) is 2.99.